The highest BCUT2D eigenvalue weighted by molar-refractivity contribution is 6.31. The highest BCUT2D eigenvalue weighted by Crippen LogP contribution is 2.25. The average Bonchev–Trinajstić information content (AvgIpc) is 2.38. The molecule has 6 heteroatoms. The van der Waals surface area contributed by atoms with Crippen molar-refractivity contribution in [3.05, 3.63) is 34.6 Å². The second-order valence-electron chi connectivity index (χ2n) is 5.34. The first-order valence-electron chi connectivity index (χ1n) is 6.96. The first-order chi connectivity index (χ1) is 9.83. The zero-order chi connectivity index (χ0) is 16.0. The molecule has 0 radical (unpaired) electrons. The molecule has 2 atom stereocenters. The van der Waals surface area contributed by atoms with Crippen LogP contribution < -0.4 is 10.6 Å². The van der Waals surface area contributed by atoms with Crippen molar-refractivity contribution in [2.45, 2.75) is 45.2 Å². The van der Waals surface area contributed by atoms with Crippen LogP contribution in [0.15, 0.2) is 18.2 Å². The number of urea groups is 1. The highest BCUT2D eigenvalue weighted by atomic mass is 35.5. The largest absolute Gasteiger partial charge is 0.396 e. The molecule has 118 valence electrons. The number of benzene rings is 1. The number of aliphatic hydroxyl groups excluding tert-OH is 1. The van der Waals surface area contributed by atoms with Crippen LogP contribution in [0.4, 0.5) is 9.18 Å². The summed E-state index contributed by atoms with van der Waals surface area (Å²) < 4.78 is 13.8. The second-order valence-corrected chi connectivity index (χ2v) is 5.75. The molecule has 4 nitrogen and oxygen atoms in total. The SMILES string of the molecule is CCC(C)(CCO)NC(=O)NC(C)c1c(F)cccc1Cl. The maximum atomic E-state index is 13.8. The summed E-state index contributed by atoms with van der Waals surface area (Å²) >= 11 is 5.97. The standard InChI is InChI=1S/C15H22ClFN2O2/c1-4-15(3,8-9-20)19-14(21)18-10(2)13-11(16)6-5-7-12(13)17/h5-7,10,20H,4,8-9H2,1-3H3,(H2,18,19,21). The number of hydrogen-bond acceptors (Lipinski definition) is 2. The predicted octanol–water partition coefficient (Wildman–Crippen LogP) is 3.39. The van der Waals surface area contributed by atoms with Crippen LogP contribution in [0.5, 0.6) is 0 Å². The van der Waals surface area contributed by atoms with Gasteiger partial charge in [0.2, 0.25) is 0 Å². The Morgan fingerprint density at radius 3 is 2.71 bits per heavy atom. The van der Waals surface area contributed by atoms with E-state index in [9.17, 15) is 9.18 Å². The Morgan fingerprint density at radius 2 is 2.19 bits per heavy atom. The summed E-state index contributed by atoms with van der Waals surface area (Å²) in [6.45, 7) is 5.43. The van der Waals surface area contributed by atoms with Crippen LogP contribution in [0.3, 0.4) is 0 Å². The lowest BCUT2D eigenvalue weighted by Crippen LogP contribution is -2.50. The predicted molar refractivity (Wildman–Crippen MR) is 81.9 cm³/mol. The van der Waals surface area contributed by atoms with Gasteiger partial charge < -0.3 is 15.7 Å². The third kappa shape index (κ3) is 4.86. The number of halogens is 2. The molecular formula is C15H22ClFN2O2. The quantitative estimate of drug-likeness (QED) is 0.753. The first-order valence-corrected chi connectivity index (χ1v) is 7.34. The zero-order valence-electron chi connectivity index (χ0n) is 12.5. The molecule has 0 bridgehead atoms. The van der Waals surface area contributed by atoms with Crippen molar-refractivity contribution in [2.24, 2.45) is 0 Å². The van der Waals surface area contributed by atoms with Crippen LogP contribution in [0.25, 0.3) is 0 Å². The second kappa shape index (κ2) is 7.61. The number of carbonyl (C=O) groups excluding carboxylic acids is 1. The smallest absolute Gasteiger partial charge is 0.315 e. The third-order valence-electron chi connectivity index (χ3n) is 3.64. The molecule has 0 spiro atoms. The normalized spacial score (nSPS) is 15.1. The van der Waals surface area contributed by atoms with E-state index in [0.29, 0.717) is 12.8 Å². The highest BCUT2D eigenvalue weighted by Gasteiger charge is 2.25. The monoisotopic (exact) mass is 316 g/mol. The molecule has 1 aromatic rings. The Balaban J connectivity index is 2.74. The minimum absolute atomic E-state index is 0.0146. The molecule has 2 unspecified atom stereocenters. The molecule has 0 saturated heterocycles. The van der Waals surface area contributed by atoms with Gasteiger partial charge in [0.15, 0.2) is 0 Å². The lowest BCUT2D eigenvalue weighted by Gasteiger charge is -2.30. The molecule has 2 amide bonds. The van der Waals surface area contributed by atoms with Crippen molar-refractivity contribution in [2.75, 3.05) is 6.61 Å². The molecule has 21 heavy (non-hydrogen) atoms. The Bertz CT molecular complexity index is 478. The molecule has 0 aliphatic carbocycles. The maximum absolute atomic E-state index is 13.8. The molecule has 0 aliphatic heterocycles. The van der Waals surface area contributed by atoms with Gasteiger partial charge in [-0.3, -0.25) is 0 Å². The van der Waals surface area contributed by atoms with E-state index in [-0.39, 0.29) is 17.2 Å². The van der Waals surface area contributed by atoms with E-state index in [0.717, 1.165) is 0 Å². The first kappa shape index (κ1) is 17.7. The van der Waals surface area contributed by atoms with Gasteiger partial charge in [-0.25, -0.2) is 9.18 Å². The number of aliphatic hydroxyl groups is 1. The van der Waals surface area contributed by atoms with E-state index >= 15 is 0 Å². The van der Waals surface area contributed by atoms with E-state index in [1.165, 1.54) is 12.1 Å². The van der Waals surface area contributed by atoms with Gasteiger partial charge >= 0.3 is 6.03 Å². The lowest BCUT2D eigenvalue weighted by atomic mass is 9.95. The number of nitrogens with one attached hydrogen (secondary N) is 2. The zero-order valence-corrected chi connectivity index (χ0v) is 13.3. The summed E-state index contributed by atoms with van der Waals surface area (Å²) in [4.78, 5) is 12.0. The summed E-state index contributed by atoms with van der Waals surface area (Å²) in [6.07, 6.45) is 1.13. The van der Waals surface area contributed by atoms with Gasteiger partial charge in [0.1, 0.15) is 5.82 Å². The Kier molecular flexibility index (Phi) is 6.42. The van der Waals surface area contributed by atoms with E-state index in [4.69, 9.17) is 16.7 Å². The summed E-state index contributed by atoms with van der Waals surface area (Å²) in [5.41, 5.74) is -0.243. The fourth-order valence-electron chi connectivity index (χ4n) is 2.08. The van der Waals surface area contributed by atoms with Crippen LogP contribution in [0, 0.1) is 5.82 Å². The summed E-state index contributed by atoms with van der Waals surface area (Å²) in [6, 6.07) is 3.43. The number of hydrogen-bond donors (Lipinski definition) is 3. The van der Waals surface area contributed by atoms with Crippen LogP contribution >= 0.6 is 11.6 Å². The summed E-state index contributed by atoms with van der Waals surface area (Å²) in [7, 11) is 0. The van der Waals surface area contributed by atoms with Gasteiger partial charge in [-0.05, 0) is 38.8 Å². The van der Waals surface area contributed by atoms with Gasteiger partial charge in [-0.15, -0.1) is 0 Å². The molecule has 0 heterocycles. The minimum atomic E-state index is -0.561. The van der Waals surface area contributed by atoms with E-state index in [1.54, 1.807) is 13.0 Å². The Hall–Kier alpha value is -1.33. The Labute approximate surface area is 129 Å². The summed E-state index contributed by atoms with van der Waals surface area (Å²) in [5.74, 6) is -0.455. The fraction of sp³-hybridized carbons (Fsp3) is 0.533. The van der Waals surface area contributed by atoms with Gasteiger partial charge in [-0.1, -0.05) is 24.6 Å². The molecule has 0 aliphatic rings. The maximum Gasteiger partial charge on any atom is 0.315 e. The number of carbonyl (C=O) groups is 1. The van der Waals surface area contributed by atoms with Crippen LogP contribution in [-0.4, -0.2) is 23.3 Å². The number of amides is 2. The molecule has 1 aromatic carbocycles. The van der Waals surface area contributed by atoms with Crippen molar-refractivity contribution < 1.29 is 14.3 Å². The van der Waals surface area contributed by atoms with E-state index in [2.05, 4.69) is 10.6 Å². The molecule has 3 N–H and O–H groups in total. The van der Waals surface area contributed by atoms with Crippen molar-refractivity contribution in [3.63, 3.8) is 0 Å². The Morgan fingerprint density at radius 1 is 1.52 bits per heavy atom. The van der Waals surface area contributed by atoms with Gasteiger partial charge in [-0.2, -0.15) is 0 Å². The topological polar surface area (TPSA) is 61.4 Å². The molecule has 0 aromatic heterocycles. The summed E-state index contributed by atoms with van der Waals surface area (Å²) in [5, 5.41) is 14.8. The molecule has 0 fully saturated rings. The van der Waals surface area contributed by atoms with Crippen LogP contribution in [-0.2, 0) is 0 Å². The molecule has 0 saturated carbocycles. The van der Waals surface area contributed by atoms with Crippen LogP contribution in [0.1, 0.15) is 45.2 Å². The van der Waals surface area contributed by atoms with Crippen molar-refractivity contribution in [3.8, 4) is 0 Å². The average molecular weight is 317 g/mol. The lowest BCUT2D eigenvalue weighted by molar-refractivity contribution is 0.199. The van der Waals surface area contributed by atoms with Crippen molar-refractivity contribution >= 4 is 17.6 Å². The van der Waals surface area contributed by atoms with E-state index in [1.807, 2.05) is 13.8 Å². The molecular weight excluding hydrogens is 295 g/mol. The van der Waals surface area contributed by atoms with Crippen LogP contribution in [0.2, 0.25) is 5.02 Å². The van der Waals surface area contributed by atoms with Crippen molar-refractivity contribution in [1.29, 1.82) is 0 Å². The van der Waals surface area contributed by atoms with E-state index < -0.39 is 23.4 Å². The third-order valence-corrected chi connectivity index (χ3v) is 3.97. The van der Waals surface area contributed by atoms with Crippen molar-refractivity contribution in [1.82, 2.24) is 10.6 Å². The van der Waals surface area contributed by atoms with Gasteiger partial charge in [0, 0.05) is 22.7 Å². The number of rotatable bonds is 6. The fourth-order valence-corrected chi connectivity index (χ4v) is 2.40. The minimum Gasteiger partial charge on any atom is -0.396 e. The van der Waals surface area contributed by atoms with Gasteiger partial charge in [0.05, 0.1) is 6.04 Å². The molecule has 1 rings (SSSR count). The van der Waals surface area contributed by atoms with Gasteiger partial charge in [0.25, 0.3) is 0 Å².